The molecule has 2 nitrogen and oxygen atoms in total. The second-order valence-electron chi connectivity index (χ2n) is 3.97. The topological polar surface area (TPSA) is 29.5 Å². The van der Waals surface area contributed by atoms with Crippen LogP contribution in [0.4, 0.5) is 0 Å². The van der Waals surface area contributed by atoms with Gasteiger partial charge in [0.25, 0.3) is 0 Å². The van der Waals surface area contributed by atoms with Crippen molar-refractivity contribution in [2.45, 2.75) is 6.61 Å². The van der Waals surface area contributed by atoms with Crippen LogP contribution in [0.2, 0.25) is 0 Å². The lowest BCUT2D eigenvalue weighted by atomic mass is 10.1. The quantitative estimate of drug-likeness (QED) is 0.830. The molecule has 0 fully saturated rings. The Morgan fingerprint density at radius 1 is 1.06 bits per heavy atom. The number of benzene rings is 2. The number of hydrogen-bond acceptors (Lipinski definition) is 2. The Morgan fingerprint density at radius 3 is 2.50 bits per heavy atom. The fourth-order valence-corrected chi connectivity index (χ4v) is 1.76. The predicted molar refractivity (Wildman–Crippen MR) is 74.3 cm³/mol. The second-order valence-corrected chi connectivity index (χ2v) is 3.97. The lowest BCUT2D eigenvalue weighted by Gasteiger charge is -2.06. The van der Waals surface area contributed by atoms with Crippen molar-refractivity contribution in [1.82, 2.24) is 0 Å². The Balaban J connectivity index is 2.26. The van der Waals surface area contributed by atoms with Crippen molar-refractivity contribution < 1.29 is 9.84 Å². The molecule has 0 saturated heterocycles. The summed E-state index contributed by atoms with van der Waals surface area (Å²) in [6, 6.07) is 15.8. The highest BCUT2D eigenvalue weighted by Crippen LogP contribution is 2.20. The smallest absolute Gasteiger partial charge is 0.119 e. The van der Waals surface area contributed by atoms with E-state index in [1.54, 1.807) is 7.11 Å². The molecule has 0 heterocycles. The van der Waals surface area contributed by atoms with Crippen LogP contribution in [0.3, 0.4) is 0 Å². The molecule has 0 aromatic heterocycles. The zero-order valence-electron chi connectivity index (χ0n) is 10.3. The molecular weight excluding hydrogens is 224 g/mol. The molecule has 0 atom stereocenters. The summed E-state index contributed by atoms with van der Waals surface area (Å²) in [6.45, 7) is 0.00562. The molecule has 0 aliphatic carbocycles. The third-order valence-corrected chi connectivity index (χ3v) is 2.78. The van der Waals surface area contributed by atoms with Crippen molar-refractivity contribution in [3.63, 3.8) is 0 Å². The molecule has 0 spiro atoms. The summed E-state index contributed by atoms with van der Waals surface area (Å²) in [6.07, 6.45) is 4.03. The molecule has 1 N–H and O–H groups in total. The van der Waals surface area contributed by atoms with E-state index in [0.717, 1.165) is 22.4 Å². The predicted octanol–water partition coefficient (Wildman–Crippen LogP) is 3.36. The van der Waals surface area contributed by atoms with Crippen molar-refractivity contribution >= 4 is 12.2 Å². The zero-order chi connectivity index (χ0) is 12.8. The monoisotopic (exact) mass is 240 g/mol. The first-order chi connectivity index (χ1) is 8.83. The van der Waals surface area contributed by atoms with Gasteiger partial charge in [0.1, 0.15) is 5.75 Å². The molecule has 2 aromatic rings. The maximum Gasteiger partial charge on any atom is 0.119 e. The Labute approximate surface area is 107 Å². The standard InChI is InChI=1S/C16H16O2/c1-18-16-10-9-14(15(11-16)12-17)8-7-13-5-3-2-4-6-13/h2-11,17H,12H2,1H3/b8-7+. The summed E-state index contributed by atoms with van der Waals surface area (Å²) in [5.74, 6) is 0.760. The molecule has 0 aliphatic heterocycles. The maximum absolute atomic E-state index is 9.35. The van der Waals surface area contributed by atoms with Crippen molar-refractivity contribution in [3.8, 4) is 5.75 Å². The van der Waals surface area contributed by atoms with E-state index in [-0.39, 0.29) is 6.61 Å². The molecule has 0 amide bonds. The fraction of sp³-hybridized carbons (Fsp3) is 0.125. The maximum atomic E-state index is 9.35. The summed E-state index contributed by atoms with van der Waals surface area (Å²) < 4.78 is 5.14. The number of rotatable bonds is 4. The Kier molecular flexibility index (Phi) is 4.15. The van der Waals surface area contributed by atoms with Gasteiger partial charge in [0.2, 0.25) is 0 Å². The summed E-state index contributed by atoms with van der Waals surface area (Å²) in [5.41, 5.74) is 3.00. The molecule has 0 saturated carbocycles. The van der Waals surface area contributed by atoms with Gasteiger partial charge in [0.15, 0.2) is 0 Å². The van der Waals surface area contributed by atoms with Gasteiger partial charge < -0.3 is 9.84 Å². The van der Waals surface area contributed by atoms with E-state index < -0.39 is 0 Å². The van der Waals surface area contributed by atoms with Gasteiger partial charge in [-0.15, -0.1) is 0 Å². The first kappa shape index (κ1) is 12.4. The minimum Gasteiger partial charge on any atom is -0.497 e. The molecule has 18 heavy (non-hydrogen) atoms. The van der Waals surface area contributed by atoms with Crippen molar-refractivity contribution in [2.75, 3.05) is 7.11 Å². The van der Waals surface area contributed by atoms with Crippen molar-refractivity contribution in [2.24, 2.45) is 0 Å². The van der Waals surface area contributed by atoms with Gasteiger partial charge in [0, 0.05) is 0 Å². The first-order valence-corrected chi connectivity index (χ1v) is 5.84. The van der Waals surface area contributed by atoms with E-state index in [4.69, 9.17) is 4.74 Å². The minimum absolute atomic E-state index is 0.00562. The van der Waals surface area contributed by atoms with Gasteiger partial charge in [0.05, 0.1) is 13.7 Å². The zero-order valence-corrected chi connectivity index (χ0v) is 10.3. The van der Waals surface area contributed by atoms with Gasteiger partial charge in [-0.1, -0.05) is 48.6 Å². The molecule has 0 bridgehead atoms. The van der Waals surface area contributed by atoms with Crippen LogP contribution in [0.25, 0.3) is 12.2 Å². The van der Waals surface area contributed by atoms with E-state index in [1.807, 2.05) is 60.7 Å². The molecule has 0 aliphatic rings. The van der Waals surface area contributed by atoms with Gasteiger partial charge in [-0.05, 0) is 28.8 Å². The van der Waals surface area contributed by atoms with Crippen molar-refractivity contribution in [3.05, 3.63) is 65.2 Å². The van der Waals surface area contributed by atoms with Gasteiger partial charge in [-0.25, -0.2) is 0 Å². The summed E-state index contributed by atoms with van der Waals surface area (Å²) >= 11 is 0. The molecule has 0 radical (unpaired) electrons. The molecule has 0 unspecified atom stereocenters. The minimum atomic E-state index is 0.00562. The second kappa shape index (κ2) is 6.03. The van der Waals surface area contributed by atoms with E-state index in [9.17, 15) is 5.11 Å². The van der Waals surface area contributed by atoms with Crippen LogP contribution in [-0.4, -0.2) is 12.2 Å². The average molecular weight is 240 g/mol. The average Bonchev–Trinajstić information content (AvgIpc) is 2.46. The third-order valence-electron chi connectivity index (χ3n) is 2.78. The highest BCUT2D eigenvalue weighted by atomic mass is 16.5. The molecule has 2 heteroatoms. The van der Waals surface area contributed by atoms with Gasteiger partial charge in [-0.2, -0.15) is 0 Å². The van der Waals surface area contributed by atoms with Crippen LogP contribution in [0.5, 0.6) is 5.75 Å². The first-order valence-electron chi connectivity index (χ1n) is 5.84. The van der Waals surface area contributed by atoms with Crippen LogP contribution < -0.4 is 4.74 Å². The van der Waals surface area contributed by atoms with Crippen LogP contribution in [0, 0.1) is 0 Å². The number of ether oxygens (including phenoxy) is 1. The molecule has 2 aromatic carbocycles. The van der Waals surface area contributed by atoms with Crippen molar-refractivity contribution in [1.29, 1.82) is 0 Å². The highest BCUT2D eigenvalue weighted by Gasteiger charge is 2.00. The highest BCUT2D eigenvalue weighted by molar-refractivity contribution is 5.71. The number of hydrogen-bond donors (Lipinski definition) is 1. The largest absolute Gasteiger partial charge is 0.497 e. The van der Waals surface area contributed by atoms with E-state index >= 15 is 0 Å². The molecule has 92 valence electrons. The van der Waals surface area contributed by atoms with Crippen LogP contribution in [-0.2, 0) is 6.61 Å². The van der Waals surface area contributed by atoms with Crippen LogP contribution in [0.1, 0.15) is 16.7 Å². The molecule has 2 rings (SSSR count). The summed E-state index contributed by atoms with van der Waals surface area (Å²) in [4.78, 5) is 0. The van der Waals surface area contributed by atoms with E-state index in [1.165, 1.54) is 0 Å². The Hall–Kier alpha value is -2.06. The molecular formula is C16H16O2. The summed E-state index contributed by atoms with van der Waals surface area (Å²) in [7, 11) is 1.62. The van der Waals surface area contributed by atoms with Gasteiger partial charge in [-0.3, -0.25) is 0 Å². The van der Waals surface area contributed by atoms with E-state index in [0.29, 0.717) is 0 Å². The van der Waals surface area contributed by atoms with Crippen LogP contribution in [0.15, 0.2) is 48.5 Å². The Morgan fingerprint density at radius 2 is 1.83 bits per heavy atom. The number of aliphatic hydroxyl groups is 1. The number of methoxy groups -OCH3 is 1. The number of aliphatic hydroxyl groups excluding tert-OH is 1. The third kappa shape index (κ3) is 2.99. The summed E-state index contributed by atoms with van der Waals surface area (Å²) in [5, 5.41) is 9.35. The lowest BCUT2D eigenvalue weighted by Crippen LogP contribution is -1.91. The van der Waals surface area contributed by atoms with Crippen LogP contribution >= 0.6 is 0 Å². The van der Waals surface area contributed by atoms with E-state index in [2.05, 4.69) is 0 Å². The lowest BCUT2D eigenvalue weighted by molar-refractivity contribution is 0.280. The Bertz CT molecular complexity index is 530. The van der Waals surface area contributed by atoms with Gasteiger partial charge >= 0.3 is 0 Å². The fourth-order valence-electron chi connectivity index (χ4n) is 1.76. The SMILES string of the molecule is COc1ccc(/C=C/c2ccccc2)c(CO)c1. The normalized spacial score (nSPS) is 10.8.